The molecule has 13 rings (SSSR count). The molecule has 324 valence electrons. The molecule has 1 spiro atoms. The molecule has 2 nitrogen and oxygen atoms in total. The zero-order chi connectivity index (χ0) is 44.0. The van der Waals surface area contributed by atoms with Crippen molar-refractivity contribution in [3.05, 3.63) is 227 Å². The van der Waals surface area contributed by atoms with Gasteiger partial charge in [-0.25, -0.2) is 0 Å². The van der Waals surface area contributed by atoms with E-state index in [1.54, 1.807) is 11.1 Å². The molecule has 0 aromatic heterocycles. The second-order valence-corrected chi connectivity index (χ2v) is 20.6. The lowest BCUT2D eigenvalue weighted by atomic mass is 9.68. The fourth-order valence-corrected chi connectivity index (χ4v) is 14.1. The molecular formula is C64H58N2. The van der Waals surface area contributed by atoms with Crippen molar-refractivity contribution in [1.82, 2.24) is 0 Å². The van der Waals surface area contributed by atoms with Gasteiger partial charge in [0.15, 0.2) is 0 Å². The van der Waals surface area contributed by atoms with E-state index < -0.39 is 0 Å². The van der Waals surface area contributed by atoms with Crippen LogP contribution in [0.15, 0.2) is 188 Å². The first-order chi connectivity index (χ1) is 32.5. The van der Waals surface area contributed by atoms with E-state index in [4.69, 9.17) is 0 Å². The Morgan fingerprint density at radius 1 is 0.424 bits per heavy atom. The summed E-state index contributed by atoms with van der Waals surface area (Å²) in [5.74, 6) is 1.75. The van der Waals surface area contributed by atoms with E-state index in [1.807, 2.05) is 0 Å². The van der Waals surface area contributed by atoms with Crippen LogP contribution in [0.5, 0.6) is 0 Å². The second kappa shape index (κ2) is 15.5. The zero-order valence-electron chi connectivity index (χ0n) is 38.4. The maximum atomic E-state index is 2.63. The van der Waals surface area contributed by atoms with E-state index in [9.17, 15) is 0 Å². The quantitative estimate of drug-likeness (QED) is 0.150. The lowest BCUT2D eigenvalue weighted by molar-refractivity contribution is 0.350. The van der Waals surface area contributed by atoms with Gasteiger partial charge in [0.2, 0.25) is 0 Å². The van der Waals surface area contributed by atoms with Crippen LogP contribution in [0.2, 0.25) is 0 Å². The lowest BCUT2D eigenvalue weighted by Gasteiger charge is -2.40. The molecule has 8 aromatic rings. The topological polar surface area (TPSA) is 6.48 Å². The monoisotopic (exact) mass is 854 g/mol. The van der Waals surface area contributed by atoms with Crippen molar-refractivity contribution in [3.8, 4) is 22.3 Å². The maximum absolute atomic E-state index is 2.63. The Bertz CT molecular complexity index is 3100. The molecule has 2 heteroatoms. The fourth-order valence-electron chi connectivity index (χ4n) is 14.1. The summed E-state index contributed by atoms with van der Waals surface area (Å²) < 4.78 is 0. The highest BCUT2D eigenvalue weighted by Gasteiger charge is 2.62. The predicted molar refractivity (Wildman–Crippen MR) is 275 cm³/mol. The second-order valence-electron chi connectivity index (χ2n) is 20.6. The molecule has 66 heavy (non-hydrogen) atoms. The van der Waals surface area contributed by atoms with Crippen LogP contribution in [-0.4, -0.2) is 0 Å². The van der Waals surface area contributed by atoms with Crippen molar-refractivity contribution in [1.29, 1.82) is 0 Å². The zero-order valence-corrected chi connectivity index (χ0v) is 38.4. The standard InChI is InChI=1S/C64H58N2/c1-63(2)56-29-17-28-54(45-20-9-4-10-21-45)60(56)55-39-38-53(42-57(55)63)66(51-26-13-6-14-27-51)59-31-16-23-47-41-49-35-34-48-40-46-22-15-30-58(61(46)64(48,49)62(47)59)65(50-24-11-5-12-25-50)52-36-32-44(33-37-52)43-18-7-3-8-19-43/h4-6,9-17,20-33,36-39,42-43,48-49H,3,7-8,18-19,34-35,40-41H2,1-2H3. The molecule has 2 saturated carbocycles. The van der Waals surface area contributed by atoms with Crippen LogP contribution in [0.1, 0.15) is 104 Å². The van der Waals surface area contributed by atoms with Crippen LogP contribution in [0.25, 0.3) is 22.3 Å². The van der Waals surface area contributed by atoms with Crippen LogP contribution in [0, 0.1) is 11.8 Å². The Balaban J connectivity index is 0.996. The van der Waals surface area contributed by atoms with Gasteiger partial charge in [-0.3, -0.25) is 0 Å². The number of rotatable bonds is 8. The summed E-state index contributed by atoms with van der Waals surface area (Å²) >= 11 is 0. The molecule has 0 heterocycles. The molecular weight excluding hydrogens is 797 g/mol. The molecule has 0 amide bonds. The van der Waals surface area contributed by atoms with Gasteiger partial charge < -0.3 is 9.80 Å². The molecule has 0 aliphatic heterocycles. The maximum Gasteiger partial charge on any atom is 0.0505 e. The number of hydrogen-bond donors (Lipinski definition) is 0. The van der Waals surface area contributed by atoms with E-state index in [-0.39, 0.29) is 10.8 Å². The molecule has 5 aliphatic rings. The van der Waals surface area contributed by atoms with E-state index >= 15 is 0 Å². The smallest absolute Gasteiger partial charge is 0.0505 e. The summed E-state index contributed by atoms with van der Waals surface area (Å²) in [7, 11) is 0. The van der Waals surface area contributed by atoms with Gasteiger partial charge in [0.25, 0.3) is 0 Å². The first-order valence-electron chi connectivity index (χ1n) is 24.9. The number of benzene rings is 8. The minimum absolute atomic E-state index is 0.114. The van der Waals surface area contributed by atoms with E-state index in [2.05, 4.69) is 212 Å². The summed E-state index contributed by atoms with van der Waals surface area (Å²) in [6.45, 7) is 4.85. The Morgan fingerprint density at radius 3 is 1.56 bits per heavy atom. The highest BCUT2D eigenvalue weighted by molar-refractivity contribution is 5.95. The normalized spacial score (nSPS) is 20.8. The summed E-state index contributed by atoms with van der Waals surface area (Å²) in [5, 5.41) is 0. The number of hydrogen-bond acceptors (Lipinski definition) is 2. The van der Waals surface area contributed by atoms with Crippen molar-refractivity contribution >= 4 is 34.1 Å². The molecule has 3 unspecified atom stereocenters. The van der Waals surface area contributed by atoms with Crippen molar-refractivity contribution in [2.45, 2.75) is 88.4 Å². The van der Waals surface area contributed by atoms with Gasteiger partial charge in [0.1, 0.15) is 0 Å². The Kier molecular flexibility index (Phi) is 9.31. The van der Waals surface area contributed by atoms with Crippen LogP contribution < -0.4 is 9.80 Å². The number of para-hydroxylation sites is 2. The Morgan fingerprint density at radius 2 is 0.955 bits per heavy atom. The molecule has 0 N–H and O–H groups in total. The highest BCUT2D eigenvalue weighted by atomic mass is 15.2. The van der Waals surface area contributed by atoms with E-state index in [1.165, 1.54) is 129 Å². The van der Waals surface area contributed by atoms with Crippen molar-refractivity contribution in [2.75, 3.05) is 9.80 Å². The number of anilines is 6. The van der Waals surface area contributed by atoms with Crippen LogP contribution in [0.4, 0.5) is 34.1 Å². The lowest BCUT2D eigenvalue weighted by Crippen LogP contribution is -2.34. The fraction of sp³-hybridized carbons (Fsp3) is 0.250. The first kappa shape index (κ1) is 39.7. The molecule has 0 bridgehead atoms. The van der Waals surface area contributed by atoms with E-state index in [0.29, 0.717) is 17.8 Å². The molecule has 2 fully saturated rings. The molecule has 5 aliphatic carbocycles. The highest BCUT2D eigenvalue weighted by Crippen LogP contribution is 2.69. The predicted octanol–water partition coefficient (Wildman–Crippen LogP) is 17.1. The van der Waals surface area contributed by atoms with Crippen molar-refractivity contribution < 1.29 is 0 Å². The Hall–Kier alpha value is -6.64. The molecule has 8 aromatic carbocycles. The Labute approximate surface area is 391 Å². The summed E-state index contributed by atoms with van der Waals surface area (Å²) in [6, 6.07) is 72.0. The van der Waals surface area contributed by atoms with Gasteiger partial charge in [-0.15, -0.1) is 0 Å². The van der Waals surface area contributed by atoms with Gasteiger partial charge in [0.05, 0.1) is 11.4 Å². The van der Waals surface area contributed by atoms with Gasteiger partial charge in [-0.05, 0) is 178 Å². The number of nitrogens with zero attached hydrogens (tertiary/aromatic N) is 2. The van der Waals surface area contributed by atoms with Crippen LogP contribution in [-0.2, 0) is 23.7 Å². The minimum Gasteiger partial charge on any atom is -0.310 e. The third kappa shape index (κ3) is 5.93. The van der Waals surface area contributed by atoms with Crippen molar-refractivity contribution in [3.63, 3.8) is 0 Å². The van der Waals surface area contributed by atoms with Crippen molar-refractivity contribution in [2.24, 2.45) is 11.8 Å². The summed E-state index contributed by atoms with van der Waals surface area (Å²) in [5.41, 5.74) is 23.1. The first-order valence-corrected chi connectivity index (χ1v) is 24.9. The van der Waals surface area contributed by atoms with Crippen LogP contribution >= 0.6 is 0 Å². The largest absolute Gasteiger partial charge is 0.310 e. The van der Waals surface area contributed by atoms with Crippen LogP contribution in [0.3, 0.4) is 0 Å². The minimum atomic E-state index is -0.165. The average Bonchev–Trinajstić information content (AvgIpc) is 4.07. The third-order valence-electron chi connectivity index (χ3n) is 16.9. The summed E-state index contributed by atoms with van der Waals surface area (Å²) in [6.07, 6.45) is 11.5. The number of fused-ring (bicyclic) bond motifs is 5. The SMILES string of the molecule is CC1(C)c2cc(N(c3ccccc3)c3cccc4c3C35c6c(cccc6N(c6ccccc6)c6ccc(C7CCCCC7)cc6)CC3CCC5C4)ccc2-c2c(-c3ccccc3)cccc21. The van der Waals surface area contributed by atoms with E-state index in [0.717, 1.165) is 12.8 Å². The van der Waals surface area contributed by atoms with Gasteiger partial charge in [-0.1, -0.05) is 161 Å². The molecule has 0 saturated heterocycles. The summed E-state index contributed by atoms with van der Waals surface area (Å²) in [4.78, 5) is 5.23. The average molecular weight is 855 g/mol. The van der Waals surface area contributed by atoms with Gasteiger partial charge in [-0.2, -0.15) is 0 Å². The molecule has 3 atom stereocenters. The molecule has 0 radical (unpaired) electrons. The van der Waals surface area contributed by atoms with Gasteiger partial charge in [0, 0.05) is 33.6 Å². The third-order valence-corrected chi connectivity index (χ3v) is 16.9. The van der Waals surface area contributed by atoms with Gasteiger partial charge >= 0.3 is 0 Å².